The number of carbonyl (C=O) groups excluding carboxylic acids is 2. The van der Waals surface area contributed by atoms with Crippen molar-refractivity contribution in [3.05, 3.63) is 93.0 Å². The number of anilines is 2. The molecular formula is C22H16Cl4N2O2. The summed E-state index contributed by atoms with van der Waals surface area (Å²) in [7, 11) is 0. The molecule has 0 spiro atoms. The maximum absolute atomic E-state index is 12.5. The zero-order chi connectivity index (χ0) is 21.7. The van der Waals surface area contributed by atoms with Gasteiger partial charge < -0.3 is 10.6 Å². The van der Waals surface area contributed by atoms with Crippen LogP contribution in [0.4, 0.5) is 11.4 Å². The van der Waals surface area contributed by atoms with E-state index in [1.165, 1.54) is 12.1 Å². The first kappa shape index (κ1) is 22.4. The lowest BCUT2D eigenvalue weighted by molar-refractivity contribution is 0.101. The second kappa shape index (κ2) is 10.2. The van der Waals surface area contributed by atoms with E-state index in [2.05, 4.69) is 10.6 Å². The monoisotopic (exact) mass is 480 g/mol. The molecule has 0 bridgehead atoms. The summed E-state index contributed by atoms with van der Waals surface area (Å²) in [4.78, 5) is 24.9. The van der Waals surface area contributed by atoms with Crippen LogP contribution in [0.3, 0.4) is 0 Å². The number of nitrogens with one attached hydrogen (secondary N) is 2. The third kappa shape index (κ3) is 5.46. The third-order valence-electron chi connectivity index (χ3n) is 4.29. The van der Waals surface area contributed by atoms with Crippen molar-refractivity contribution in [2.24, 2.45) is 0 Å². The van der Waals surface area contributed by atoms with Crippen molar-refractivity contribution in [3.8, 4) is 0 Å². The van der Waals surface area contributed by atoms with Crippen LogP contribution in [0, 0.1) is 0 Å². The zero-order valence-corrected chi connectivity index (χ0v) is 18.5. The van der Waals surface area contributed by atoms with Gasteiger partial charge in [0.15, 0.2) is 0 Å². The Morgan fingerprint density at radius 1 is 0.633 bits per heavy atom. The lowest BCUT2D eigenvalue weighted by Gasteiger charge is -2.12. The van der Waals surface area contributed by atoms with Crippen molar-refractivity contribution < 1.29 is 9.59 Å². The lowest BCUT2D eigenvalue weighted by Crippen LogP contribution is -2.14. The quantitative estimate of drug-likeness (QED) is 0.373. The van der Waals surface area contributed by atoms with Crippen molar-refractivity contribution >= 4 is 69.6 Å². The Hall–Kier alpha value is -2.24. The molecule has 2 N–H and O–H groups in total. The van der Waals surface area contributed by atoms with Gasteiger partial charge in [-0.25, -0.2) is 0 Å². The van der Waals surface area contributed by atoms with Gasteiger partial charge in [0.2, 0.25) is 0 Å². The molecule has 8 heteroatoms. The molecule has 2 amide bonds. The molecule has 4 nitrogen and oxygen atoms in total. The summed E-state index contributed by atoms with van der Waals surface area (Å²) in [5.41, 5.74) is 3.39. The molecule has 0 saturated heterocycles. The minimum Gasteiger partial charge on any atom is -0.321 e. The second-order valence-electron chi connectivity index (χ2n) is 6.38. The van der Waals surface area contributed by atoms with Gasteiger partial charge in [-0.1, -0.05) is 47.5 Å². The fourth-order valence-electron chi connectivity index (χ4n) is 2.62. The van der Waals surface area contributed by atoms with E-state index in [9.17, 15) is 9.59 Å². The lowest BCUT2D eigenvalue weighted by atomic mass is 10.1. The molecule has 0 radical (unpaired) electrons. The highest BCUT2D eigenvalue weighted by Gasteiger charge is 2.14. The SMILES string of the molecule is O=C(Nc1cc(Cl)c(NC(=O)c2ccc(CCl)cc2)cc1Cl)c1ccc(CCl)cc1. The molecule has 30 heavy (non-hydrogen) atoms. The molecule has 154 valence electrons. The van der Waals surface area contributed by atoms with E-state index in [0.717, 1.165) is 11.1 Å². The first-order chi connectivity index (χ1) is 14.4. The fraction of sp³-hybridized carbons (Fsp3) is 0.0909. The third-order valence-corrected chi connectivity index (χ3v) is 5.54. The van der Waals surface area contributed by atoms with E-state index in [-0.39, 0.29) is 21.9 Å². The first-order valence-corrected chi connectivity index (χ1v) is 10.7. The Bertz CT molecular complexity index is 980. The molecule has 0 fully saturated rings. The summed E-state index contributed by atoms with van der Waals surface area (Å²) in [6, 6.07) is 16.8. The summed E-state index contributed by atoms with van der Waals surface area (Å²) in [6.07, 6.45) is 0. The minimum atomic E-state index is -0.342. The van der Waals surface area contributed by atoms with Gasteiger partial charge in [0.05, 0.1) is 21.4 Å². The van der Waals surface area contributed by atoms with Gasteiger partial charge in [-0.05, 0) is 47.5 Å². The predicted molar refractivity (Wildman–Crippen MR) is 124 cm³/mol. The van der Waals surface area contributed by atoms with Crippen LogP contribution in [0.2, 0.25) is 10.0 Å². The van der Waals surface area contributed by atoms with E-state index in [1.54, 1.807) is 48.5 Å². The summed E-state index contributed by atoms with van der Waals surface area (Å²) in [5.74, 6) is 0.0521. The van der Waals surface area contributed by atoms with Gasteiger partial charge in [-0.2, -0.15) is 0 Å². The van der Waals surface area contributed by atoms with Crippen LogP contribution in [0.1, 0.15) is 31.8 Å². The molecule has 3 aromatic carbocycles. The number of halogens is 4. The molecule has 3 rings (SSSR count). The standard InChI is InChI=1S/C22H16Cl4N2O2/c23-11-13-1-5-15(6-2-13)21(29)27-19-9-18(26)20(10-17(19)25)28-22(30)16-7-3-14(12-24)4-8-16/h1-10H,11-12H2,(H,27,29)(H,28,30). The Morgan fingerprint density at radius 2 is 0.967 bits per heavy atom. The highest BCUT2D eigenvalue weighted by atomic mass is 35.5. The molecule has 0 atom stereocenters. The highest BCUT2D eigenvalue weighted by Crippen LogP contribution is 2.33. The number of benzene rings is 3. The Kier molecular flexibility index (Phi) is 7.62. The number of amides is 2. The van der Waals surface area contributed by atoms with Gasteiger partial charge in [-0.3, -0.25) is 9.59 Å². The van der Waals surface area contributed by atoms with E-state index in [0.29, 0.717) is 34.3 Å². The van der Waals surface area contributed by atoms with E-state index in [4.69, 9.17) is 46.4 Å². The highest BCUT2D eigenvalue weighted by molar-refractivity contribution is 6.38. The summed E-state index contributed by atoms with van der Waals surface area (Å²) >= 11 is 24.1. The molecule has 0 saturated carbocycles. The average Bonchev–Trinajstić information content (AvgIpc) is 2.77. The number of rotatable bonds is 6. The number of hydrogen-bond acceptors (Lipinski definition) is 2. The van der Waals surface area contributed by atoms with Crippen molar-refractivity contribution in [1.82, 2.24) is 0 Å². The topological polar surface area (TPSA) is 58.2 Å². The molecule has 0 aliphatic rings. The van der Waals surface area contributed by atoms with Crippen LogP contribution in [0.5, 0.6) is 0 Å². The average molecular weight is 482 g/mol. The number of hydrogen-bond donors (Lipinski definition) is 2. The Balaban J connectivity index is 1.73. The summed E-state index contributed by atoms with van der Waals surface area (Å²) < 4.78 is 0. The van der Waals surface area contributed by atoms with Crippen LogP contribution in [0.25, 0.3) is 0 Å². The zero-order valence-electron chi connectivity index (χ0n) is 15.5. The second-order valence-corrected chi connectivity index (χ2v) is 7.73. The van der Waals surface area contributed by atoms with Crippen LogP contribution in [0.15, 0.2) is 60.7 Å². The van der Waals surface area contributed by atoms with Crippen LogP contribution >= 0.6 is 46.4 Å². The van der Waals surface area contributed by atoms with Crippen LogP contribution in [-0.2, 0) is 11.8 Å². The Labute approximate surface area is 194 Å². The van der Waals surface area contributed by atoms with Crippen molar-refractivity contribution in [3.63, 3.8) is 0 Å². The molecule has 0 aliphatic heterocycles. The van der Waals surface area contributed by atoms with Gasteiger partial charge in [0.1, 0.15) is 0 Å². The van der Waals surface area contributed by atoms with Gasteiger partial charge in [0.25, 0.3) is 11.8 Å². The molecule has 0 heterocycles. The fourth-order valence-corrected chi connectivity index (χ4v) is 3.40. The van der Waals surface area contributed by atoms with E-state index >= 15 is 0 Å². The molecule has 3 aromatic rings. The van der Waals surface area contributed by atoms with Crippen molar-refractivity contribution in [2.45, 2.75) is 11.8 Å². The van der Waals surface area contributed by atoms with Gasteiger partial charge >= 0.3 is 0 Å². The Morgan fingerprint density at radius 3 is 1.27 bits per heavy atom. The maximum Gasteiger partial charge on any atom is 0.255 e. The first-order valence-electron chi connectivity index (χ1n) is 8.83. The minimum absolute atomic E-state index is 0.234. The molecular weight excluding hydrogens is 466 g/mol. The van der Waals surface area contributed by atoms with E-state index < -0.39 is 0 Å². The maximum atomic E-state index is 12.5. The molecule has 0 aliphatic carbocycles. The van der Waals surface area contributed by atoms with Gasteiger partial charge in [-0.15, -0.1) is 23.2 Å². The largest absolute Gasteiger partial charge is 0.321 e. The van der Waals surface area contributed by atoms with Gasteiger partial charge in [0, 0.05) is 22.9 Å². The van der Waals surface area contributed by atoms with Crippen molar-refractivity contribution in [1.29, 1.82) is 0 Å². The summed E-state index contributed by atoms with van der Waals surface area (Å²) in [6.45, 7) is 0. The normalized spacial score (nSPS) is 10.5. The van der Waals surface area contributed by atoms with Crippen molar-refractivity contribution in [2.75, 3.05) is 10.6 Å². The van der Waals surface area contributed by atoms with Crippen LogP contribution in [-0.4, -0.2) is 11.8 Å². The summed E-state index contributed by atoms with van der Waals surface area (Å²) in [5, 5.41) is 5.90. The predicted octanol–water partition coefficient (Wildman–Crippen LogP) is 6.98. The number of alkyl halides is 2. The molecule has 0 aromatic heterocycles. The number of carbonyl (C=O) groups is 2. The van der Waals surface area contributed by atoms with E-state index in [1.807, 2.05) is 0 Å². The molecule has 0 unspecified atom stereocenters. The van der Waals surface area contributed by atoms with Crippen LogP contribution < -0.4 is 10.6 Å². The smallest absolute Gasteiger partial charge is 0.255 e.